The van der Waals surface area contributed by atoms with E-state index in [9.17, 15) is 8.42 Å². The van der Waals surface area contributed by atoms with Crippen molar-refractivity contribution >= 4 is 26.9 Å². The molecule has 2 fully saturated rings. The number of pyridine rings is 1. The number of morpholine rings is 1. The normalized spacial score (nSPS) is 18.1. The maximum absolute atomic E-state index is 13.7. The third kappa shape index (κ3) is 5.30. The Morgan fingerprint density at radius 2 is 1.78 bits per heavy atom. The molecule has 6 heterocycles. The first-order chi connectivity index (χ1) is 21.7. The Labute approximate surface area is 263 Å². The third-order valence-electron chi connectivity index (χ3n) is 8.98. The van der Waals surface area contributed by atoms with Gasteiger partial charge in [-0.25, -0.2) is 27.3 Å². The van der Waals surface area contributed by atoms with Gasteiger partial charge in [-0.3, -0.25) is 4.68 Å². The molecule has 234 valence electrons. The van der Waals surface area contributed by atoms with E-state index in [1.165, 1.54) is 3.97 Å². The zero-order valence-corrected chi connectivity index (χ0v) is 26.9. The van der Waals surface area contributed by atoms with Crippen molar-refractivity contribution in [2.45, 2.75) is 57.5 Å². The second-order valence-electron chi connectivity index (χ2n) is 12.0. The molecule has 0 amide bonds. The number of ether oxygens (including phenoxy) is 1. The minimum Gasteiger partial charge on any atom is -0.377 e. The summed E-state index contributed by atoms with van der Waals surface area (Å²) in [7, 11) is -3.87. The molecule has 2 saturated heterocycles. The zero-order valence-electron chi connectivity index (χ0n) is 26.1. The van der Waals surface area contributed by atoms with Crippen molar-refractivity contribution < 1.29 is 13.2 Å². The molecule has 0 unspecified atom stereocenters. The van der Waals surface area contributed by atoms with Crippen LogP contribution in [0.5, 0.6) is 0 Å². The smallest absolute Gasteiger partial charge is 0.269 e. The second kappa shape index (κ2) is 11.7. The number of benzene rings is 1. The fourth-order valence-electron chi connectivity index (χ4n) is 6.57. The first-order valence-corrected chi connectivity index (χ1v) is 17.0. The highest BCUT2D eigenvalue weighted by molar-refractivity contribution is 7.90. The first kappa shape index (κ1) is 29.6. The molecule has 1 aromatic carbocycles. The quantitative estimate of drug-likeness (QED) is 0.287. The molecule has 11 nitrogen and oxygen atoms in total. The summed E-state index contributed by atoms with van der Waals surface area (Å²) in [5.74, 6) is 1.31. The van der Waals surface area contributed by atoms with Gasteiger partial charge in [-0.1, -0.05) is 17.7 Å². The summed E-state index contributed by atoms with van der Waals surface area (Å²) >= 11 is 0. The Kier molecular flexibility index (Phi) is 7.66. The number of nitrogens with zero attached hydrogens (tertiary/aromatic N) is 7. The zero-order chi connectivity index (χ0) is 31.3. The van der Waals surface area contributed by atoms with Crippen LogP contribution in [0.4, 0.5) is 5.82 Å². The summed E-state index contributed by atoms with van der Waals surface area (Å²) in [4.78, 5) is 17.2. The van der Waals surface area contributed by atoms with Crippen LogP contribution in [0.25, 0.3) is 33.7 Å². The highest BCUT2D eigenvalue weighted by atomic mass is 32.2. The molecule has 12 heteroatoms. The maximum Gasteiger partial charge on any atom is 0.269 e. The Morgan fingerprint density at radius 1 is 1.00 bits per heavy atom. The number of fused-ring (bicyclic) bond motifs is 1. The van der Waals surface area contributed by atoms with Crippen LogP contribution < -0.4 is 10.2 Å². The molecule has 1 N–H and O–H groups in total. The standard InChI is InChI=1S/C33H38N8O3S/c1-21-5-7-26(8-6-21)45(42,43)40-16-12-28-27(11-15-35-33(28)40)32-36-29(19-30(37-32)39-17-18-44-20-22(39)2)31-23(3)38-41(24(31)4)25-9-13-34-14-10-25/h5-8,11-12,15-16,19,22,25,34H,9-10,13-14,17-18,20H2,1-4H3/t22-/m1/s1. The number of aryl methyl sites for hydroxylation is 2. The average molecular weight is 627 g/mol. The van der Waals surface area contributed by atoms with E-state index in [4.69, 9.17) is 19.8 Å². The fourth-order valence-corrected chi connectivity index (χ4v) is 7.87. The number of anilines is 1. The van der Waals surface area contributed by atoms with Crippen LogP contribution in [0.15, 0.2) is 59.8 Å². The van der Waals surface area contributed by atoms with Crippen molar-refractivity contribution in [2.24, 2.45) is 0 Å². The molecular formula is C33H38N8O3S. The van der Waals surface area contributed by atoms with Crippen molar-refractivity contribution in [3.8, 4) is 22.6 Å². The van der Waals surface area contributed by atoms with Gasteiger partial charge in [0.25, 0.3) is 10.0 Å². The van der Waals surface area contributed by atoms with Gasteiger partial charge in [0.1, 0.15) is 5.82 Å². The lowest BCUT2D eigenvalue weighted by Gasteiger charge is -2.34. The molecule has 0 spiro atoms. The van der Waals surface area contributed by atoms with Crippen molar-refractivity contribution in [3.63, 3.8) is 0 Å². The summed E-state index contributed by atoms with van der Waals surface area (Å²) in [6.45, 7) is 12.1. The minimum absolute atomic E-state index is 0.132. The van der Waals surface area contributed by atoms with Crippen LogP contribution in [0, 0.1) is 20.8 Å². The maximum atomic E-state index is 13.7. The lowest BCUT2D eigenvalue weighted by molar-refractivity contribution is 0.0985. The van der Waals surface area contributed by atoms with E-state index >= 15 is 0 Å². The van der Waals surface area contributed by atoms with Crippen LogP contribution >= 0.6 is 0 Å². The van der Waals surface area contributed by atoms with E-state index in [1.807, 2.05) is 19.9 Å². The van der Waals surface area contributed by atoms with Crippen LogP contribution in [0.2, 0.25) is 0 Å². The highest BCUT2D eigenvalue weighted by Crippen LogP contribution is 2.35. The van der Waals surface area contributed by atoms with E-state index in [1.54, 1.807) is 42.7 Å². The molecular weight excluding hydrogens is 588 g/mol. The Bertz CT molecular complexity index is 1980. The van der Waals surface area contributed by atoms with E-state index < -0.39 is 10.0 Å². The van der Waals surface area contributed by atoms with Gasteiger partial charge in [-0.05, 0) is 77.9 Å². The van der Waals surface area contributed by atoms with E-state index in [0.717, 1.165) is 60.0 Å². The van der Waals surface area contributed by atoms with E-state index in [-0.39, 0.29) is 10.9 Å². The number of nitrogens with one attached hydrogen (secondary N) is 1. The summed E-state index contributed by atoms with van der Waals surface area (Å²) < 4.78 is 36.5. The molecule has 0 bridgehead atoms. The van der Waals surface area contributed by atoms with Gasteiger partial charge in [0.05, 0.1) is 41.6 Å². The summed E-state index contributed by atoms with van der Waals surface area (Å²) in [6.07, 6.45) is 5.25. The largest absolute Gasteiger partial charge is 0.377 e. The molecule has 2 aliphatic rings. The predicted molar refractivity (Wildman–Crippen MR) is 174 cm³/mol. The van der Waals surface area contributed by atoms with Crippen LogP contribution in [-0.2, 0) is 14.8 Å². The lowest BCUT2D eigenvalue weighted by Crippen LogP contribution is -2.44. The predicted octanol–water partition coefficient (Wildman–Crippen LogP) is 4.67. The Balaban J connectivity index is 1.38. The molecule has 2 aliphatic heterocycles. The number of piperidine rings is 1. The van der Waals surface area contributed by atoms with Gasteiger partial charge >= 0.3 is 0 Å². The number of aromatic nitrogens is 6. The second-order valence-corrected chi connectivity index (χ2v) is 13.9. The number of hydrogen-bond acceptors (Lipinski definition) is 9. The minimum atomic E-state index is -3.87. The third-order valence-corrected chi connectivity index (χ3v) is 10.7. The number of hydrogen-bond donors (Lipinski definition) is 1. The van der Waals surface area contributed by atoms with Crippen LogP contribution in [-0.4, -0.2) is 76.0 Å². The molecule has 0 aliphatic carbocycles. The molecule has 7 rings (SSSR count). The molecule has 45 heavy (non-hydrogen) atoms. The molecule has 4 aromatic heterocycles. The fraction of sp³-hybridized carbons (Fsp3) is 0.394. The molecule has 5 aromatic rings. The average Bonchev–Trinajstić information content (AvgIpc) is 3.62. The van der Waals surface area contributed by atoms with Gasteiger partial charge in [0, 0.05) is 47.2 Å². The van der Waals surface area contributed by atoms with E-state index in [0.29, 0.717) is 48.2 Å². The first-order valence-electron chi connectivity index (χ1n) is 15.5. The topological polar surface area (TPSA) is 120 Å². The van der Waals surface area contributed by atoms with Crippen LogP contribution in [0.3, 0.4) is 0 Å². The summed E-state index contributed by atoms with van der Waals surface area (Å²) in [5, 5.41) is 9.10. The Hall–Kier alpha value is -4.13. The van der Waals surface area contributed by atoms with Crippen molar-refractivity contribution in [3.05, 3.63) is 71.8 Å². The van der Waals surface area contributed by atoms with Gasteiger partial charge < -0.3 is 15.0 Å². The SMILES string of the molecule is Cc1ccc(S(=O)(=O)n2ccc3c(-c4nc(-c5c(C)nn(C6CCNCC6)c5C)cc(N5CCOC[C@H]5C)n4)ccnc32)cc1. The lowest BCUT2D eigenvalue weighted by atomic mass is 10.1. The van der Waals surface area contributed by atoms with Gasteiger partial charge in [0.2, 0.25) is 0 Å². The summed E-state index contributed by atoms with van der Waals surface area (Å²) in [6, 6.07) is 13.0. The Morgan fingerprint density at radius 3 is 2.53 bits per heavy atom. The molecule has 0 saturated carbocycles. The van der Waals surface area contributed by atoms with Crippen molar-refractivity contribution in [1.82, 2.24) is 34.0 Å². The van der Waals surface area contributed by atoms with E-state index in [2.05, 4.69) is 39.8 Å². The highest BCUT2D eigenvalue weighted by Gasteiger charge is 2.27. The van der Waals surface area contributed by atoms with Gasteiger partial charge in [-0.2, -0.15) is 5.10 Å². The summed E-state index contributed by atoms with van der Waals surface area (Å²) in [5.41, 5.74) is 5.83. The number of rotatable bonds is 6. The van der Waals surface area contributed by atoms with Gasteiger partial charge in [0.15, 0.2) is 11.5 Å². The van der Waals surface area contributed by atoms with Crippen LogP contribution in [0.1, 0.15) is 42.8 Å². The molecule has 1 atom stereocenters. The van der Waals surface area contributed by atoms with Crippen molar-refractivity contribution in [1.29, 1.82) is 0 Å². The monoisotopic (exact) mass is 626 g/mol. The van der Waals surface area contributed by atoms with Gasteiger partial charge in [-0.15, -0.1) is 0 Å². The molecule has 0 radical (unpaired) electrons. The van der Waals surface area contributed by atoms with Crippen molar-refractivity contribution in [2.75, 3.05) is 37.7 Å².